The van der Waals surface area contributed by atoms with Gasteiger partial charge in [0.1, 0.15) is 12.4 Å². The summed E-state index contributed by atoms with van der Waals surface area (Å²) in [5.41, 5.74) is 1.25. The first-order chi connectivity index (χ1) is 8.84. The van der Waals surface area contributed by atoms with Crippen molar-refractivity contribution in [3.63, 3.8) is 0 Å². The van der Waals surface area contributed by atoms with Crippen molar-refractivity contribution < 1.29 is 4.74 Å². The first-order valence-corrected chi connectivity index (χ1v) is 6.95. The second kappa shape index (κ2) is 7.39. The van der Waals surface area contributed by atoms with Crippen LogP contribution in [0.4, 0.5) is 0 Å². The molecule has 1 aromatic carbocycles. The second-order valence-corrected chi connectivity index (χ2v) is 5.06. The summed E-state index contributed by atoms with van der Waals surface area (Å²) in [5.74, 6) is 1.81. The van der Waals surface area contributed by atoms with Crippen LogP contribution >= 0.6 is 0 Å². The van der Waals surface area contributed by atoms with E-state index in [9.17, 15) is 0 Å². The molecule has 1 aliphatic heterocycles. The minimum absolute atomic E-state index is 0.744. The zero-order chi connectivity index (χ0) is 12.6. The molecule has 0 bridgehead atoms. The molecule has 1 saturated heterocycles. The summed E-state index contributed by atoms with van der Waals surface area (Å²) < 4.78 is 5.70. The van der Waals surface area contributed by atoms with Gasteiger partial charge in [0.25, 0.3) is 0 Å². The van der Waals surface area contributed by atoms with E-state index in [1.165, 1.54) is 31.5 Å². The van der Waals surface area contributed by atoms with Crippen molar-refractivity contribution in [3.05, 3.63) is 29.8 Å². The van der Waals surface area contributed by atoms with Gasteiger partial charge in [0, 0.05) is 6.54 Å². The van der Waals surface area contributed by atoms with E-state index in [1.54, 1.807) is 0 Å². The van der Waals surface area contributed by atoms with Crippen LogP contribution in [0.2, 0.25) is 0 Å². The Balaban J connectivity index is 1.55. The highest BCUT2D eigenvalue weighted by Gasteiger charge is 2.11. The highest BCUT2D eigenvalue weighted by molar-refractivity contribution is 5.27. The quantitative estimate of drug-likeness (QED) is 0.755. The second-order valence-electron chi connectivity index (χ2n) is 5.06. The molecule has 3 heteroatoms. The van der Waals surface area contributed by atoms with Crippen molar-refractivity contribution in [2.45, 2.75) is 19.8 Å². The molecule has 2 rings (SSSR count). The summed E-state index contributed by atoms with van der Waals surface area (Å²) in [4.78, 5) is 0. The number of nitrogens with one attached hydrogen (secondary N) is 2. The van der Waals surface area contributed by atoms with Crippen LogP contribution in [0.5, 0.6) is 5.75 Å². The van der Waals surface area contributed by atoms with E-state index < -0.39 is 0 Å². The van der Waals surface area contributed by atoms with Gasteiger partial charge in [-0.05, 0) is 63.0 Å². The minimum atomic E-state index is 0.744. The Bertz CT molecular complexity index is 348. The molecule has 1 fully saturated rings. The number of ether oxygens (including phenoxy) is 1. The lowest BCUT2D eigenvalue weighted by Gasteiger charge is -2.22. The summed E-state index contributed by atoms with van der Waals surface area (Å²) in [6, 6.07) is 8.21. The molecule has 0 aromatic heterocycles. The molecule has 18 heavy (non-hydrogen) atoms. The summed E-state index contributed by atoms with van der Waals surface area (Å²) in [6.45, 7) is 7.23. The Morgan fingerprint density at radius 2 is 2.17 bits per heavy atom. The molecule has 100 valence electrons. The maximum atomic E-state index is 5.70. The fourth-order valence-corrected chi connectivity index (χ4v) is 2.34. The lowest BCUT2D eigenvalue weighted by Crippen LogP contribution is -2.34. The molecule has 3 nitrogen and oxygen atoms in total. The van der Waals surface area contributed by atoms with Gasteiger partial charge >= 0.3 is 0 Å². The number of rotatable bonds is 6. The maximum Gasteiger partial charge on any atom is 0.119 e. The Morgan fingerprint density at radius 1 is 1.33 bits per heavy atom. The van der Waals surface area contributed by atoms with Crippen LogP contribution in [0.3, 0.4) is 0 Å². The van der Waals surface area contributed by atoms with Gasteiger partial charge < -0.3 is 15.4 Å². The molecule has 1 heterocycles. The molecule has 0 unspecified atom stereocenters. The average Bonchev–Trinajstić information content (AvgIpc) is 2.40. The molecule has 0 saturated carbocycles. The van der Waals surface area contributed by atoms with Gasteiger partial charge in [-0.3, -0.25) is 0 Å². The van der Waals surface area contributed by atoms with Gasteiger partial charge in [-0.25, -0.2) is 0 Å². The molecule has 0 aliphatic carbocycles. The van der Waals surface area contributed by atoms with E-state index in [4.69, 9.17) is 4.74 Å². The van der Waals surface area contributed by atoms with E-state index in [2.05, 4.69) is 29.7 Å². The lowest BCUT2D eigenvalue weighted by molar-refractivity contribution is 0.298. The topological polar surface area (TPSA) is 33.3 Å². The van der Waals surface area contributed by atoms with Crippen LogP contribution in [-0.4, -0.2) is 32.8 Å². The van der Waals surface area contributed by atoms with Crippen molar-refractivity contribution in [3.8, 4) is 5.75 Å². The zero-order valence-corrected chi connectivity index (χ0v) is 11.2. The molecular weight excluding hydrogens is 224 g/mol. The van der Waals surface area contributed by atoms with E-state index in [-0.39, 0.29) is 0 Å². The molecular formula is C15H24N2O. The third-order valence-corrected chi connectivity index (χ3v) is 3.43. The fourth-order valence-electron chi connectivity index (χ4n) is 2.34. The Kier molecular flexibility index (Phi) is 5.49. The molecule has 0 spiro atoms. The van der Waals surface area contributed by atoms with Crippen molar-refractivity contribution >= 4 is 0 Å². The number of aryl methyl sites for hydroxylation is 1. The van der Waals surface area contributed by atoms with Crippen LogP contribution in [-0.2, 0) is 0 Å². The first-order valence-electron chi connectivity index (χ1n) is 6.95. The molecule has 0 amide bonds. The van der Waals surface area contributed by atoms with E-state index in [0.717, 1.165) is 31.4 Å². The van der Waals surface area contributed by atoms with E-state index in [0.29, 0.717) is 0 Å². The van der Waals surface area contributed by atoms with Crippen molar-refractivity contribution in [1.82, 2.24) is 10.6 Å². The molecule has 2 N–H and O–H groups in total. The highest BCUT2D eigenvalue weighted by atomic mass is 16.5. The minimum Gasteiger partial charge on any atom is -0.492 e. The van der Waals surface area contributed by atoms with Crippen LogP contribution < -0.4 is 15.4 Å². The van der Waals surface area contributed by atoms with Crippen molar-refractivity contribution in [1.29, 1.82) is 0 Å². The SMILES string of the molecule is Cc1cccc(OCCNCC2CCNCC2)c1. The largest absolute Gasteiger partial charge is 0.492 e. The average molecular weight is 248 g/mol. The summed E-state index contributed by atoms with van der Waals surface area (Å²) in [5, 5.41) is 6.88. The van der Waals surface area contributed by atoms with E-state index in [1.807, 2.05) is 12.1 Å². The fraction of sp³-hybridized carbons (Fsp3) is 0.600. The monoisotopic (exact) mass is 248 g/mol. The smallest absolute Gasteiger partial charge is 0.119 e. The molecule has 1 aliphatic rings. The number of hydrogen-bond donors (Lipinski definition) is 2. The van der Waals surface area contributed by atoms with Gasteiger partial charge in [0.15, 0.2) is 0 Å². The van der Waals surface area contributed by atoms with Gasteiger partial charge in [-0.2, -0.15) is 0 Å². The van der Waals surface area contributed by atoms with Crippen molar-refractivity contribution in [2.24, 2.45) is 5.92 Å². The van der Waals surface area contributed by atoms with Crippen LogP contribution in [0.1, 0.15) is 18.4 Å². The number of hydrogen-bond acceptors (Lipinski definition) is 3. The van der Waals surface area contributed by atoms with Crippen LogP contribution in [0, 0.1) is 12.8 Å². The third kappa shape index (κ3) is 4.67. The first kappa shape index (κ1) is 13.4. The summed E-state index contributed by atoms with van der Waals surface area (Å²) in [6.07, 6.45) is 2.59. The number of benzene rings is 1. The maximum absolute atomic E-state index is 5.70. The Morgan fingerprint density at radius 3 is 2.94 bits per heavy atom. The van der Waals surface area contributed by atoms with Crippen LogP contribution in [0.25, 0.3) is 0 Å². The third-order valence-electron chi connectivity index (χ3n) is 3.43. The van der Waals surface area contributed by atoms with Gasteiger partial charge in [-0.1, -0.05) is 12.1 Å². The summed E-state index contributed by atoms with van der Waals surface area (Å²) >= 11 is 0. The number of piperidine rings is 1. The van der Waals surface area contributed by atoms with E-state index >= 15 is 0 Å². The van der Waals surface area contributed by atoms with Gasteiger partial charge in [0.2, 0.25) is 0 Å². The molecule has 0 radical (unpaired) electrons. The predicted molar refractivity (Wildman–Crippen MR) is 75.1 cm³/mol. The zero-order valence-electron chi connectivity index (χ0n) is 11.2. The predicted octanol–water partition coefficient (Wildman–Crippen LogP) is 1.96. The van der Waals surface area contributed by atoms with Gasteiger partial charge in [0.05, 0.1) is 0 Å². The standard InChI is InChI=1S/C15H24N2O/c1-13-3-2-4-15(11-13)18-10-9-17-12-14-5-7-16-8-6-14/h2-4,11,14,16-17H,5-10,12H2,1H3. The molecule has 1 aromatic rings. The summed E-state index contributed by atoms with van der Waals surface area (Å²) in [7, 11) is 0. The Hall–Kier alpha value is -1.06. The molecule has 0 atom stereocenters. The lowest BCUT2D eigenvalue weighted by atomic mass is 9.98. The normalized spacial score (nSPS) is 16.7. The van der Waals surface area contributed by atoms with Crippen molar-refractivity contribution in [2.75, 3.05) is 32.8 Å². The Labute approximate surface area is 110 Å². The van der Waals surface area contributed by atoms with Gasteiger partial charge in [-0.15, -0.1) is 0 Å². The highest BCUT2D eigenvalue weighted by Crippen LogP contribution is 2.12. The van der Waals surface area contributed by atoms with Crippen LogP contribution in [0.15, 0.2) is 24.3 Å².